The van der Waals surface area contributed by atoms with Crippen molar-refractivity contribution in [3.8, 4) is 0 Å². The van der Waals surface area contributed by atoms with Gasteiger partial charge < -0.3 is 4.90 Å². The summed E-state index contributed by atoms with van der Waals surface area (Å²) in [6.45, 7) is 3.23. The molecule has 0 bridgehead atoms. The molecular formula is C17H24F3N3O3S. The average molecular weight is 407 g/mol. The van der Waals surface area contributed by atoms with Crippen LogP contribution in [-0.2, 0) is 14.8 Å². The second-order valence-electron chi connectivity index (χ2n) is 6.79. The molecule has 0 atom stereocenters. The zero-order valence-corrected chi connectivity index (χ0v) is 16.4. The Balaban J connectivity index is 1.94. The highest BCUT2D eigenvalue weighted by atomic mass is 32.2. The van der Waals surface area contributed by atoms with Crippen LogP contribution in [0, 0.1) is 13.8 Å². The molecule has 27 heavy (non-hydrogen) atoms. The molecule has 0 radical (unpaired) electrons. The van der Waals surface area contributed by atoms with E-state index in [-0.39, 0.29) is 37.6 Å². The third kappa shape index (κ3) is 5.66. The average Bonchev–Trinajstić information content (AvgIpc) is 2.56. The van der Waals surface area contributed by atoms with E-state index in [1.54, 1.807) is 23.1 Å². The smallest absolute Gasteiger partial charge is 0.336 e. The van der Waals surface area contributed by atoms with Crippen molar-refractivity contribution in [2.45, 2.75) is 24.9 Å². The van der Waals surface area contributed by atoms with Crippen molar-refractivity contribution >= 4 is 15.9 Å². The van der Waals surface area contributed by atoms with Crippen LogP contribution >= 0.6 is 0 Å². The van der Waals surface area contributed by atoms with Crippen molar-refractivity contribution in [2.24, 2.45) is 0 Å². The van der Waals surface area contributed by atoms with Crippen LogP contribution in [0.15, 0.2) is 23.1 Å². The van der Waals surface area contributed by atoms with Crippen LogP contribution in [0.2, 0.25) is 0 Å². The molecule has 1 aliphatic rings. The molecule has 0 N–H and O–H groups in total. The number of carbonyl (C=O) groups is 1. The Hall–Kier alpha value is -1.65. The van der Waals surface area contributed by atoms with Crippen molar-refractivity contribution < 1.29 is 26.4 Å². The summed E-state index contributed by atoms with van der Waals surface area (Å²) in [7, 11) is -2.52. The number of likely N-dealkylation sites (N-methyl/N-ethyl adjacent to an activating group) is 1. The Morgan fingerprint density at radius 1 is 1.11 bits per heavy atom. The molecule has 0 spiro atoms. The lowest BCUT2D eigenvalue weighted by Gasteiger charge is -2.34. The number of alkyl halides is 3. The Morgan fingerprint density at radius 2 is 1.70 bits per heavy atom. The number of aryl methyl sites for hydroxylation is 2. The minimum Gasteiger partial charge on any atom is -0.336 e. The van der Waals surface area contributed by atoms with Gasteiger partial charge in [0.2, 0.25) is 15.9 Å². The Bertz CT molecular complexity index is 788. The molecule has 152 valence electrons. The van der Waals surface area contributed by atoms with E-state index >= 15 is 0 Å². The van der Waals surface area contributed by atoms with Gasteiger partial charge in [-0.05, 0) is 37.1 Å². The van der Waals surface area contributed by atoms with E-state index in [9.17, 15) is 26.4 Å². The van der Waals surface area contributed by atoms with Crippen LogP contribution < -0.4 is 0 Å². The van der Waals surface area contributed by atoms with E-state index in [1.807, 2.05) is 13.8 Å². The number of hydrogen-bond acceptors (Lipinski definition) is 4. The molecule has 1 saturated heterocycles. The van der Waals surface area contributed by atoms with Crippen LogP contribution in [0.4, 0.5) is 13.2 Å². The van der Waals surface area contributed by atoms with E-state index in [1.165, 1.54) is 4.31 Å². The van der Waals surface area contributed by atoms with E-state index in [0.717, 1.165) is 18.2 Å². The highest BCUT2D eigenvalue weighted by Gasteiger charge is 2.33. The summed E-state index contributed by atoms with van der Waals surface area (Å²) in [4.78, 5) is 14.4. The lowest BCUT2D eigenvalue weighted by Crippen LogP contribution is -2.51. The summed E-state index contributed by atoms with van der Waals surface area (Å²) in [6, 6.07) is 4.96. The first kappa shape index (κ1) is 21.6. The standard InChI is InChI=1S/C17H24F3N3O3S/c1-13-4-5-15(10-14(13)2)27(25,26)23-8-6-22(7-9-23)11-16(24)21(3)12-17(18,19)20/h4-5,10H,6-9,11-12H2,1-3H3. The fourth-order valence-electron chi connectivity index (χ4n) is 2.82. The second kappa shape index (κ2) is 8.15. The topological polar surface area (TPSA) is 60.9 Å². The number of carbonyl (C=O) groups excluding carboxylic acids is 1. The summed E-state index contributed by atoms with van der Waals surface area (Å²) < 4.78 is 63.9. The maximum absolute atomic E-state index is 12.8. The summed E-state index contributed by atoms with van der Waals surface area (Å²) in [5, 5.41) is 0. The number of sulfonamides is 1. The van der Waals surface area contributed by atoms with Crippen molar-refractivity contribution in [3.05, 3.63) is 29.3 Å². The molecule has 1 aliphatic heterocycles. The van der Waals surface area contributed by atoms with E-state index in [2.05, 4.69) is 0 Å². The van der Waals surface area contributed by atoms with Crippen LogP contribution in [0.25, 0.3) is 0 Å². The minimum atomic E-state index is -4.44. The molecule has 1 aromatic carbocycles. The molecule has 0 aromatic heterocycles. The van der Waals surface area contributed by atoms with E-state index < -0.39 is 28.7 Å². The van der Waals surface area contributed by atoms with Gasteiger partial charge in [0.25, 0.3) is 0 Å². The number of piperazine rings is 1. The van der Waals surface area contributed by atoms with Crippen LogP contribution in [0.1, 0.15) is 11.1 Å². The Morgan fingerprint density at radius 3 is 2.22 bits per heavy atom. The molecule has 10 heteroatoms. The number of nitrogens with zero attached hydrogens (tertiary/aromatic N) is 3. The van der Waals surface area contributed by atoms with Gasteiger partial charge in [-0.15, -0.1) is 0 Å². The van der Waals surface area contributed by atoms with Gasteiger partial charge >= 0.3 is 6.18 Å². The fourth-order valence-corrected chi connectivity index (χ4v) is 4.33. The predicted molar refractivity (Wildman–Crippen MR) is 94.8 cm³/mol. The van der Waals surface area contributed by atoms with Crippen LogP contribution in [-0.4, -0.2) is 80.9 Å². The van der Waals surface area contributed by atoms with Crippen molar-refractivity contribution in [2.75, 3.05) is 46.3 Å². The van der Waals surface area contributed by atoms with Gasteiger partial charge in [-0.25, -0.2) is 8.42 Å². The zero-order valence-electron chi connectivity index (χ0n) is 15.6. The van der Waals surface area contributed by atoms with Gasteiger partial charge in [0.15, 0.2) is 0 Å². The molecule has 0 aliphatic carbocycles. The molecule has 2 rings (SSSR count). The number of rotatable bonds is 5. The third-order valence-corrected chi connectivity index (χ3v) is 6.54. The first-order valence-electron chi connectivity index (χ1n) is 8.50. The minimum absolute atomic E-state index is 0.163. The van der Waals surface area contributed by atoms with Gasteiger partial charge in [-0.2, -0.15) is 17.5 Å². The maximum atomic E-state index is 12.8. The van der Waals surface area contributed by atoms with Crippen molar-refractivity contribution in [1.82, 2.24) is 14.1 Å². The molecule has 1 aromatic rings. The molecule has 1 fully saturated rings. The van der Waals surface area contributed by atoms with Crippen LogP contribution in [0.5, 0.6) is 0 Å². The third-order valence-electron chi connectivity index (χ3n) is 4.65. The van der Waals surface area contributed by atoms with Gasteiger partial charge in [0.05, 0.1) is 11.4 Å². The fraction of sp³-hybridized carbons (Fsp3) is 0.588. The molecular weight excluding hydrogens is 383 g/mol. The Labute approximate surface area is 157 Å². The first-order valence-corrected chi connectivity index (χ1v) is 9.94. The van der Waals surface area contributed by atoms with Gasteiger partial charge in [-0.3, -0.25) is 9.69 Å². The summed E-state index contributed by atoms with van der Waals surface area (Å²) in [5.74, 6) is -0.641. The second-order valence-corrected chi connectivity index (χ2v) is 8.73. The highest BCUT2D eigenvalue weighted by molar-refractivity contribution is 7.89. The molecule has 0 unspecified atom stereocenters. The van der Waals surface area contributed by atoms with Gasteiger partial charge in [0.1, 0.15) is 6.54 Å². The van der Waals surface area contributed by atoms with Gasteiger partial charge in [0, 0.05) is 33.2 Å². The normalized spacial score (nSPS) is 17.1. The first-order chi connectivity index (χ1) is 12.4. The molecule has 6 nitrogen and oxygen atoms in total. The summed E-state index contributed by atoms with van der Waals surface area (Å²) >= 11 is 0. The molecule has 0 saturated carbocycles. The van der Waals surface area contributed by atoms with E-state index in [4.69, 9.17) is 0 Å². The molecule has 1 amide bonds. The lowest BCUT2D eigenvalue weighted by molar-refractivity contribution is -0.159. The number of halogens is 3. The summed E-state index contributed by atoms with van der Waals surface area (Å²) in [6.07, 6.45) is -4.44. The summed E-state index contributed by atoms with van der Waals surface area (Å²) in [5.41, 5.74) is 1.88. The largest absolute Gasteiger partial charge is 0.406 e. The van der Waals surface area contributed by atoms with Crippen molar-refractivity contribution in [3.63, 3.8) is 0 Å². The highest BCUT2D eigenvalue weighted by Crippen LogP contribution is 2.21. The molecule has 1 heterocycles. The maximum Gasteiger partial charge on any atom is 0.406 e. The van der Waals surface area contributed by atoms with Gasteiger partial charge in [-0.1, -0.05) is 6.07 Å². The van der Waals surface area contributed by atoms with Crippen molar-refractivity contribution in [1.29, 1.82) is 0 Å². The van der Waals surface area contributed by atoms with Crippen LogP contribution in [0.3, 0.4) is 0 Å². The lowest BCUT2D eigenvalue weighted by atomic mass is 10.1. The number of hydrogen-bond donors (Lipinski definition) is 0. The predicted octanol–water partition coefficient (Wildman–Crippen LogP) is 1.63. The SMILES string of the molecule is Cc1ccc(S(=O)(=O)N2CCN(CC(=O)N(C)CC(F)(F)F)CC2)cc1C. The quantitative estimate of drug-likeness (QED) is 0.745. The Kier molecular flexibility index (Phi) is 6.54. The monoisotopic (exact) mass is 407 g/mol. The zero-order chi connectivity index (χ0) is 20.4. The number of amides is 1. The number of benzene rings is 1. The van der Waals surface area contributed by atoms with E-state index in [0.29, 0.717) is 4.90 Å².